The lowest BCUT2D eigenvalue weighted by Crippen LogP contribution is -2.48. The topological polar surface area (TPSA) is 66.5 Å². The van der Waals surface area contributed by atoms with E-state index in [2.05, 4.69) is 5.32 Å². The van der Waals surface area contributed by atoms with Crippen molar-refractivity contribution in [1.29, 1.82) is 0 Å². The molecule has 0 fully saturated rings. The number of nitrogens with one attached hydrogen (secondary N) is 1. The van der Waals surface area contributed by atoms with E-state index >= 15 is 0 Å². The molecule has 0 bridgehead atoms. The van der Waals surface area contributed by atoms with E-state index < -0.39 is 16.1 Å². The summed E-state index contributed by atoms with van der Waals surface area (Å²) in [6.45, 7) is 5.50. The average molecular weight is 332 g/mol. The highest BCUT2D eigenvalue weighted by molar-refractivity contribution is 7.93. The molecule has 0 radical (unpaired) electrons. The second kappa shape index (κ2) is 5.53. The molecule has 5 nitrogen and oxygen atoms in total. The van der Waals surface area contributed by atoms with Crippen molar-refractivity contribution in [2.45, 2.75) is 44.2 Å². The number of sulfonamides is 1. The number of nitrogens with zero attached hydrogens (tertiary/aromatic N) is 1. The second-order valence-corrected chi connectivity index (χ2v) is 7.71. The maximum Gasteiger partial charge on any atom is 0.265 e. The number of carbonyl (C=O) groups is 1. The zero-order valence-electron chi connectivity index (χ0n) is 13.4. The molecule has 122 valence electrons. The van der Waals surface area contributed by atoms with Crippen LogP contribution in [0.5, 0.6) is 0 Å². The van der Waals surface area contributed by atoms with Gasteiger partial charge >= 0.3 is 0 Å². The van der Waals surface area contributed by atoms with Crippen molar-refractivity contribution in [1.82, 2.24) is 5.32 Å². The van der Waals surface area contributed by atoms with Gasteiger partial charge in [-0.2, -0.15) is 0 Å². The summed E-state index contributed by atoms with van der Waals surface area (Å²) in [6, 6.07) is 9.86. The molecule has 0 aromatic heterocycles. The molecule has 0 aliphatic carbocycles. The largest absolute Gasteiger partial charge is 0.352 e. The van der Waals surface area contributed by atoms with E-state index in [0.717, 1.165) is 11.8 Å². The third-order valence-electron chi connectivity index (χ3n) is 4.35. The zero-order chi connectivity index (χ0) is 16.8. The minimum Gasteiger partial charge on any atom is -0.352 e. The van der Waals surface area contributed by atoms with Gasteiger partial charge in [0.15, 0.2) is 0 Å². The molecular weight excluding hydrogens is 312 g/mol. The molecule has 6 heteroatoms. The molecule has 1 aliphatic rings. The van der Waals surface area contributed by atoms with Gasteiger partial charge in [-0.15, -0.1) is 0 Å². The number of carbonyl (C=O) groups excluding carboxylic acids is 1. The van der Waals surface area contributed by atoms with Crippen molar-refractivity contribution < 1.29 is 13.2 Å². The molecule has 2 atom stereocenters. The summed E-state index contributed by atoms with van der Waals surface area (Å²) < 4.78 is 27.1. The van der Waals surface area contributed by atoms with Crippen molar-refractivity contribution in [2.75, 3.05) is 4.31 Å². The standard InChI is InChI=1S/C17H20N2O3S/c1-4-11(2)18-17(20)12(3)19-14-9-5-7-13-8-6-10-15(16(13)14)23(19,21)22/h5-12H,4H2,1-3H3,(H,18,20)/t11-,12+/m1/s1. The van der Waals surface area contributed by atoms with Crippen LogP contribution in [0.15, 0.2) is 41.3 Å². The molecule has 1 heterocycles. The summed E-state index contributed by atoms with van der Waals surface area (Å²) >= 11 is 0. The number of rotatable bonds is 4. The Morgan fingerprint density at radius 1 is 1.17 bits per heavy atom. The molecule has 0 spiro atoms. The Labute approximate surface area is 136 Å². The Bertz CT molecular complexity index is 871. The summed E-state index contributed by atoms with van der Waals surface area (Å²) in [5.74, 6) is -0.285. The highest BCUT2D eigenvalue weighted by Gasteiger charge is 2.40. The van der Waals surface area contributed by atoms with Gasteiger partial charge in [-0.1, -0.05) is 31.2 Å². The lowest BCUT2D eigenvalue weighted by atomic mass is 10.1. The van der Waals surface area contributed by atoms with Gasteiger partial charge in [-0.25, -0.2) is 8.42 Å². The number of amides is 1. The van der Waals surface area contributed by atoms with Crippen LogP contribution < -0.4 is 9.62 Å². The van der Waals surface area contributed by atoms with Crippen molar-refractivity contribution in [3.05, 3.63) is 36.4 Å². The third-order valence-corrected chi connectivity index (χ3v) is 6.28. The molecule has 1 amide bonds. The van der Waals surface area contributed by atoms with Crippen molar-refractivity contribution in [3.63, 3.8) is 0 Å². The molecule has 0 saturated heterocycles. The van der Waals surface area contributed by atoms with Crippen molar-refractivity contribution in [2.24, 2.45) is 0 Å². The fourth-order valence-electron chi connectivity index (χ4n) is 2.91. The normalized spacial score (nSPS) is 18.0. The van der Waals surface area contributed by atoms with Gasteiger partial charge in [0.1, 0.15) is 6.04 Å². The second-order valence-electron chi connectivity index (χ2n) is 5.93. The first-order valence-electron chi connectivity index (χ1n) is 7.74. The maximum atomic E-state index is 12.9. The van der Waals surface area contributed by atoms with Gasteiger partial charge in [-0.05, 0) is 37.8 Å². The first kappa shape index (κ1) is 15.8. The van der Waals surface area contributed by atoms with Crippen LogP contribution in [0.4, 0.5) is 5.69 Å². The smallest absolute Gasteiger partial charge is 0.265 e. The molecule has 2 aromatic rings. The molecule has 23 heavy (non-hydrogen) atoms. The summed E-state index contributed by atoms with van der Waals surface area (Å²) in [7, 11) is -3.71. The molecule has 2 aromatic carbocycles. The van der Waals surface area contributed by atoms with Gasteiger partial charge in [0.25, 0.3) is 10.0 Å². The van der Waals surface area contributed by atoms with E-state index in [9.17, 15) is 13.2 Å². The Hall–Kier alpha value is -2.08. The lowest BCUT2D eigenvalue weighted by Gasteiger charge is -2.26. The van der Waals surface area contributed by atoms with E-state index in [1.165, 1.54) is 4.31 Å². The summed E-state index contributed by atoms with van der Waals surface area (Å²) in [4.78, 5) is 12.7. The monoisotopic (exact) mass is 332 g/mol. The van der Waals surface area contributed by atoms with Gasteiger partial charge in [0.2, 0.25) is 5.91 Å². The van der Waals surface area contributed by atoms with Crippen LogP contribution in [-0.4, -0.2) is 26.4 Å². The minimum atomic E-state index is -3.71. The van der Waals surface area contributed by atoms with Crippen molar-refractivity contribution >= 4 is 32.4 Å². The average Bonchev–Trinajstić information content (AvgIpc) is 2.76. The number of hydrogen-bond acceptors (Lipinski definition) is 3. The summed E-state index contributed by atoms with van der Waals surface area (Å²) in [5, 5.41) is 4.41. The van der Waals surface area contributed by atoms with Gasteiger partial charge in [-0.3, -0.25) is 9.10 Å². The minimum absolute atomic E-state index is 0.00780. The number of anilines is 1. The Morgan fingerprint density at radius 3 is 2.48 bits per heavy atom. The molecule has 0 saturated carbocycles. The first-order valence-corrected chi connectivity index (χ1v) is 9.18. The molecule has 3 rings (SSSR count). The lowest BCUT2D eigenvalue weighted by molar-refractivity contribution is -0.122. The van der Waals surface area contributed by atoms with E-state index in [-0.39, 0.29) is 16.8 Å². The Balaban J connectivity index is 2.08. The van der Waals surface area contributed by atoms with E-state index in [4.69, 9.17) is 0 Å². The highest BCUT2D eigenvalue weighted by Crippen LogP contribution is 2.43. The van der Waals surface area contributed by atoms with Crippen LogP contribution >= 0.6 is 0 Å². The Morgan fingerprint density at radius 2 is 1.83 bits per heavy atom. The maximum absolute atomic E-state index is 12.9. The van der Waals surface area contributed by atoms with E-state index in [0.29, 0.717) is 11.1 Å². The van der Waals surface area contributed by atoms with Crippen LogP contribution in [0.1, 0.15) is 27.2 Å². The van der Waals surface area contributed by atoms with Gasteiger partial charge < -0.3 is 5.32 Å². The van der Waals surface area contributed by atoms with Crippen LogP contribution in [0.25, 0.3) is 10.8 Å². The van der Waals surface area contributed by atoms with Crippen LogP contribution in [-0.2, 0) is 14.8 Å². The van der Waals surface area contributed by atoms with Crippen molar-refractivity contribution in [3.8, 4) is 0 Å². The highest BCUT2D eigenvalue weighted by atomic mass is 32.2. The molecule has 1 aliphatic heterocycles. The fraction of sp³-hybridized carbons (Fsp3) is 0.353. The SMILES string of the molecule is CC[C@@H](C)NC(=O)[C@H](C)N1c2cccc3cccc(c23)S1(=O)=O. The van der Waals surface area contributed by atoms with Gasteiger partial charge in [0, 0.05) is 11.4 Å². The van der Waals surface area contributed by atoms with E-state index in [1.807, 2.05) is 32.0 Å². The predicted octanol–water partition coefficient (Wildman–Crippen LogP) is 2.65. The zero-order valence-corrected chi connectivity index (χ0v) is 14.2. The van der Waals surface area contributed by atoms with Gasteiger partial charge in [0.05, 0.1) is 10.6 Å². The Kier molecular flexibility index (Phi) is 3.80. The van der Waals surface area contributed by atoms with Crippen LogP contribution in [0, 0.1) is 0 Å². The fourth-order valence-corrected chi connectivity index (χ4v) is 4.78. The molecule has 1 N–H and O–H groups in total. The summed E-state index contributed by atoms with van der Waals surface area (Å²) in [5.41, 5.74) is 0.574. The quantitative estimate of drug-likeness (QED) is 0.936. The number of benzene rings is 2. The van der Waals surface area contributed by atoms with Crippen LogP contribution in [0.3, 0.4) is 0 Å². The predicted molar refractivity (Wildman–Crippen MR) is 91.0 cm³/mol. The number of hydrogen-bond donors (Lipinski definition) is 1. The van der Waals surface area contributed by atoms with E-state index in [1.54, 1.807) is 25.1 Å². The summed E-state index contributed by atoms with van der Waals surface area (Å²) in [6.07, 6.45) is 0.793. The molecular formula is C17H20N2O3S. The third kappa shape index (κ3) is 2.37. The van der Waals surface area contributed by atoms with Crippen LogP contribution in [0.2, 0.25) is 0 Å². The molecule has 0 unspecified atom stereocenters. The first-order chi connectivity index (χ1) is 10.9.